The Morgan fingerprint density at radius 2 is 0.973 bits per heavy atom. The molecule has 0 bridgehead atoms. The maximum absolute atomic E-state index is 2.81. The van der Waals surface area contributed by atoms with Crippen LogP contribution < -0.4 is 26.2 Å². The largest absolute Gasteiger partial charge is 0.311 e. The first-order valence-corrected chi connectivity index (χ1v) is 28.9. The molecule has 5 aliphatic rings. The van der Waals surface area contributed by atoms with Crippen LogP contribution in [0.5, 0.6) is 0 Å². The van der Waals surface area contributed by atoms with Crippen molar-refractivity contribution in [2.45, 2.75) is 213 Å². The van der Waals surface area contributed by atoms with E-state index in [-0.39, 0.29) is 50.0 Å². The number of benzene rings is 6. The summed E-state index contributed by atoms with van der Waals surface area (Å²) in [5.74, 6) is 0. The van der Waals surface area contributed by atoms with Crippen molar-refractivity contribution in [2.24, 2.45) is 0 Å². The second-order valence-corrected chi connectivity index (χ2v) is 30.9. The normalized spacial score (nSPS) is 20.5. The van der Waals surface area contributed by atoms with Crippen LogP contribution >= 0.6 is 11.3 Å². The zero-order valence-electron chi connectivity index (χ0n) is 48.2. The highest BCUT2D eigenvalue weighted by molar-refractivity contribution is 7.26. The molecule has 3 aliphatic carbocycles. The van der Waals surface area contributed by atoms with E-state index in [9.17, 15) is 0 Å². The van der Waals surface area contributed by atoms with Gasteiger partial charge in [-0.3, -0.25) is 0 Å². The van der Waals surface area contributed by atoms with Gasteiger partial charge < -0.3 is 9.80 Å². The fourth-order valence-electron chi connectivity index (χ4n) is 14.7. The van der Waals surface area contributed by atoms with E-state index in [0.29, 0.717) is 0 Å². The molecule has 0 fully saturated rings. The Morgan fingerprint density at radius 1 is 0.466 bits per heavy atom. The van der Waals surface area contributed by atoms with Crippen LogP contribution in [0.4, 0.5) is 34.1 Å². The van der Waals surface area contributed by atoms with Gasteiger partial charge in [-0.2, -0.15) is 0 Å². The first kappa shape index (κ1) is 49.1. The van der Waals surface area contributed by atoms with Gasteiger partial charge in [0.15, 0.2) is 0 Å². The molecule has 73 heavy (non-hydrogen) atoms. The summed E-state index contributed by atoms with van der Waals surface area (Å²) in [7, 11) is 0. The zero-order valence-corrected chi connectivity index (χ0v) is 49.0. The molecule has 4 heteroatoms. The second kappa shape index (κ2) is 15.2. The third-order valence-electron chi connectivity index (χ3n) is 19.8. The predicted octanol–water partition coefficient (Wildman–Crippen LogP) is 18.1. The van der Waals surface area contributed by atoms with Crippen LogP contribution in [-0.4, -0.2) is 6.71 Å². The van der Waals surface area contributed by atoms with Gasteiger partial charge in [-0.1, -0.05) is 167 Å². The Morgan fingerprint density at radius 3 is 1.53 bits per heavy atom. The van der Waals surface area contributed by atoms with Crippen LogP contribution in [-0.2, 0) is 43.3 Å². The van der Waals surface area contributed by atoms with Gasteiger partial charge in [-0.15, -0.1) is 11.3 Å². The number of fused-ring (bicyclic) bond motifs is 11. The first-order valence-electron chi connectivity index (χ1n) is 28.1. The Labute approximate surface area is 444 Å². The van der Waals surface area contributed by atoms with E-state index < -0.39 is 0 Å². The lowest BCUT2D eigenvalue weighted by Gasteiger charge is -2.49. The molecule has 3 heterocycles. The Hall–Kier alpha value is -4.80. The van der Waals surface area contributed by atoms with Crippen LogP contribution in [0.3, 0.4) is 0 Å². The van der Waals surface area contributed by atoms with E-state index >= 15 is 0 Å². The number of aryl methyl sites for hydroxylation is 1. The van der Waals surface area contributed by atoms with Gasteiger partial charge in [0.25, 0.3) is 6.71 Å². The molecule has 0 unspecified atom stereocenters. The summed E-state index contributed by atoms with van der Waals surface area (Å²) in [5.41, 5.74) is 25.9. The molecule has 7 aromatic rings. The van der Waals surface area contributed by atoms with Gasteiger partial charge >= 0.3 is 0 Å². The predicted molar refractivity (Wildman–Crippen MR) is 321 cm³/mol. The summed E-state index contributed by atoms with van der Waals surface area (Å²) in [6, 6.07) is 35.8. The van der Waals surface area contributed by atoms with Gasteiger partial charge in [-0.05, 0) is 198 Å². The number of hydrogen-bond donors (Lipinski definition) is 0. The molecule has 12 rings (SSSR count). The van der Waals surface area contributed by atoms with Crippen LogP contribution in [0.25, 0.3) is 20.2 Å². The average Bonchev–Trinajstić information content (AvgIpc) is 3.69. The van der Waals surface area contributed by atoms with Gasteiger partial charge in [0, 0.05) is 43.9 Å². The second-order valence-electron chi connectivity index (χ2n) is 29.9. The number of nitrogens with zero attached hydrogens (tertiary/aromatic N) is 2. The van der Waals surface area contributed by atoms with Crippen LogP contribution in [0.15, 0.2) is 84.9 Å². The van der Waals surface area contributed by atoms with Crippen molar-refractivity contribution in [3.05, 3.63) is 135 Å². The molecule has 0 radical (unpaired) electrons. The van der Waals surface area contributed by atoms with Crippen LogP contribution in [0.2, 0.25) is 0 Å². The molecular weight excluding hydrogens is 900 g/mol. The zero-order chi connectivity index (χ0) is 52.3. The molecule has 6 aromatic carbocycles. The van der Waals surface area contributed by atoms with Crippen molar-refractivity contribution in [3.63, 3.8) is 0 Å². The molecule has 1 aromatic heterocycles. The van der Waals surface area contributed by atoms with Crippen molar-refractivity contribution in [3.8, 4) is 0 Å². The summed E-state index contributed by atoms with van der Waals surface area (Å²) < 4.78 is 2.78. The van der Waals surface area contributed by atoms with E-state index in [1.165, 1.54) is 159 Å². The fourth-order valence-corrected chi connectivity index (χ4v) is 15.9. The molecule has 0 N–H and O–H groups in total. The van der Waals surface area contributed by atoms with E-state index in [1.54, 1.807) is 0 Å². The minimum absolute atomic E-state index is 0.00717. The molecule has 2 nitrogen and oxygen atoms in total. The quantitative estimate of drug-likeness (QED) is 0.159. The standard InChI is InChI=1S/C69H83BN2S/c1-40-33-46-49(68(16,17)31-29-65(46,10)11)38-53(40)72-56-35-41(62(2,3)4)34-55-59(56)70(51-26-24-43-58-45(63(5,6)7)21-20-22-57(58)73-61(43)60(51)72)52-37-48-50(69(18,19)32-30-67(48,14)15)39-54(52)71(55)42-23-25-44-47(36-42)66(12,13)28-27-64(44,8)9/h20-26,33-39H,27-32H2,1-19H3. The van der Waals surface area contributed by atoms with Crippen LogP contribution in [0, 0.1) is 6.92 Å². The molecule has 2 aliphatic heterocycles. The molecule has 0 amide bonds. The summed E-state index contributed by atoms with van der Waals surface area (Å²) in [6.07, 6.45) is 7.12. The SMILES string of the molecule is Cc1cc2c(cc1N1c3cc(C(C)(C)C)cc4c3B(c3cc5c(cc3N4c3ccc4c(c3)C(C)(C)CCC4(C)C)C(C)(C)CCC5(C)C)c3ccc4c(sc5cccc(C(C)(C)C)c54)c31)C(C)(C)CCC2(C)C. The smallest absolute Gasteiger partial charge is 0.252 e. The van der Waals surface area contributed by atoms with E-state index in [4.69, 9.17) is 0 Å². The minimum atomic E-state index is -0.120. The average molecular weight is 983 g/mol. The monoisotopic (exact) mass is 983 g/mol. The van der Waals surface area contributed by atoms with Crippen LogP contribution in [0.1, 0.15) is 213 Å². The lowest BCUT2D eigenvalue weighted by atomic mass is 9.33. The van der Waals surface area contributed by atoms with Crippen molar-refractivity contribution >= 4 is 88.7 Å². The van der Waals surface area contributed by atoms with Gasteiger partial charge in [0.05, 0.1) is 10.4 Å². The van der Waals surface area contributed by atoms with Gasteiger partial charge in [-0.25, -0.2) is 0 Å². The lowest BCUT2D eigenvalue weighted by Crippen LogP contribution is -2.62. The number of anilines is 6. The summed E-state index contributed by atoms with van der Waals surface area (Å²) in [5, 5.41) is 2.80. The van der Waals surface area contributed by atoms with Gasteiger partial charge in [0.2, 0.25) is 0 Å². The molecule has 378 valence electrons. The fraction of sp³-hybridized carbons (Fsp3) is 0.478. The minimum Gasteiger partial charge on any atom is -0.311 e. The highest BCUT2D eigenvalue weighted by Crippen LogP contribution is 2.56. The summed E-state index contributed by atoms with van der Waals surface area (Å²) in [6.45, 7) is 46.8. The van der Waals surface area contributed by atoms with Crippen molar-refractivity contribution in [2.75, 3.05) is 9.80 Å². The Kier molecular flexibility index (Phi) is 10.2. The van der Waals surface area contributed by atoms with E-state index in [1.807, 2.05) is 11.3 Å². The maximum Gasteiger partial charge on any atom is 0.252 e. The maximum atomic E-state index is 2.81. The van der Waals surface area contributed by atoms with Crippen molar-refractivity contribution in [1.29, 1.82) is 0 Å². The highest BCUT2D eigenvalue weighted by Gasteiger charge is 2.49. The molecule has 0 saturated heterocycles. The molecular formula is C69H83BN2S. The molecule has 0 spiro atoms. The third kappa shape index (κ3) is 7.13. The van der Waals surface area contributed by atoms with Gasteiger partial charge in [0.1, 0.15) is 0 Å². The Balaban J connectivity index is 1.27. The van der Waals surface area contributed by atoms with Crippen molar-refractivity contribution in [1.82, 2.24) is 0 Å². The molecule has 0 atom stereocenters. The third-order valence-corrected chi connectivity index (χ3v) is 21.0. The van der Waals surface area contributed by atoms with Crippen molar-refractivity contribution < 1.29 is 0 Å². The van der Waals surface area contributed by atoms with E-state index in [2.05, 4.69) is 226 Å². The molecule has 0 saturated carbocycles. The number of rotatable bonds is 2. The first-order chi connectivity index (χ1) is 33.8. The Bertz CT molecular complexity index is 3520. The number of hydrogen-bond acceptors (Lipinski definition) is 3. The van der Waals surface area contributed by atoms with E-state index in [0.717, 1.165) is 0 Å². The summed E-state index contributed by atoms with van der Waals surface area (Å²) in [4.78, 5) is 5.58. The number of thiophene rings is 1. The topological polar surface area (TPSA) is 6.48 Å². The highest BCUT2D eigenvalue weighted by atomic mass is 32.1. The lowest BCUT2D eigenvalue weighted by molar-refractivity contribution is 0.332. The summed E-state index contributed by atoms with van der Waals surface area (Å²) >= 11 is 2.02.